The molecule has 3 saturated heterocycles. The number of morpholine rings is 1. The van der Waals surface area contributed by atoms with Gasteiger partial charge in [0.2, 0.25) is 5.91 Å². The number of benzene rings is 1. The van der Waals surface area contributed by atoms with Crippen LogP contribution in [-0.4, -0.2) is 71.2 Å². The van der Waals surface area contributed by atoms with E-state index in [0.717, 1.165) is 49.8 Å². The van der Waals surface area contributed by atoms with Gasteiger partial charge < -0.3 is 24.4 Å². The van der Waals surface area contributed by atoms with Crippen molar-refractivity contribution >= 4 is 34.4 Å². The summed E-state index contributed by atoms with van der Waals surface area (Å²) in [5.41, 5.74) is 2.66. The molecular formula is C25H31ClN4O3. The normalized spacial score (nSPS) is 26.4. The molecule has 0 bridgehead atoms. The van der Waals surface area contributed by atoms with E-state index in [1.807, 2.05) is 15.9 Å². The fourth-order valence-electron chi connectivity index (χ4n) is 5.81. The Kier molecular flexibility index (Phi) is 5.49. The van der Waals surface area contributed by atoms with Crippen molar-refractivity contribution in [2.75, 3.05) is 32.8 Å². The van der Waals surface area contributed by atoms with E-state index in [4.69, 9.17) is 16.3 Å². The molecule has 2 atom stereocenters. The van der Waals surface area contributed by atoms with Crippen LogP contribution >= 0.6 is 11.6 Å². The van der Waals surface area contributed by atoms with E-state index in [2.05, 4.69) is 28.2 Å². The van der Waals surface area contributed by atoms with Crippen LogP contribution < -0.4 is 5.32 Å². The summed E-state index contributed by atoms with van der Waals surface area (Å²) in [6.45, 7) is 3.95. The van der Waals surface area contributed by atoms with Gasteiger partial charge in [0.15, 0.2) is 0 Å². The zero-order chi connectivity index (χ0) is 22.5. The number of nitrogens with one attached hydrogen (secondary N) is 1. The minimum atomic E-state index is -0.0937. The number of piperidine rings is 2. The molecule has 4 aliphatic rings. The van der Waals surface area contributed by atoms with Crippen LogP contribution in [0.15, 0.2) is 24.4 Å². The van der Waals surface area contributed by atoms with Gasteiger partial charge in [0.25, 0.3) is 0 Å². The number of likely N-dealkylation sites (tertiary alicyclic amines) is 2. The van der Waals surface area contributed by atoms with Gasteiger partial charge in [0.1, 0.15) is 6.61 Å². The highest BCUT2D eigenvalue weighted by molar-refractivity contribution is 6.31. The second kappa shape index (κ2) is 8.51. The molecule has 6 rings (SSSR count). The van der Waals surface area contributed by atoms with Crippen LogP contribution in [0.4, 0.5) is 4.79 Å². The number of carbonyl (C=O) groups excluding carboxylic acids is 2. The van der Waals surface area contributed by atoms with Crippen molar-refractivity contribution in [2.45, 2.75) is 56.7 Å². The third kappa shape index (κ3) is 4.21. The topological polar surface area (TPSA) is 66.8 Å². The van der Waals surface area contributed by atoms with Gasteiger partial charge in [-0.15, -0.1) is 0 Å². The summed E-state index contributed by atoms with van der Waals surface area (Å²) in [6, 6.07) is 6.24. The van der Waals surface area contributed by atoms with Crippen LogP contribution in [0.25, 0.3) is 10.9 Å². The van der Waals surface area contributed by atoms with Crippen molar-refractivity contribution in [3.05, 3.63) is 35.0 Å². The molecular weight excluding hydrogens is 440 g/mol. The van der Waals surface area contributed by atoms with Crippen molar-refractivity contribution in [3.8, 4) is 0 Å². The van der Waals surface area contributed by atoms with Crippen LogP contribution in [0.5, 0.6) is 0 Å². The standard InChI is InChI=1S/C25H31ClN4O3/c26-18-3-4-22-19(11-18)20(13-30(22)12-16-1-2-16)17-5-8-28(9-6-17)25(32)29-10-7-23-21(14-29)27-24(31)15-33-23/h3-4,11,13,16-17,21,23H,1-2,5-10,12,14-15H2,(H,27,31)/t21-,23-/m0/s1. The van der Waals surface area contributed by atoms with E-state index in [-0.39, 0.29) is 30.7 Å². The Morgan fingerprint density at radius 1 is 1.09 bits per heavy atom. The number of rotatable bonds is 3. The first-order valence-corrected chi connectivity index (χ1v) is 12.7. The van der Waals surface area contributed by atoms with Crippen LogP contribution in [0, 0.1) is 5.92 Å². The Morgan fingerprint density at radius 2 is 1.88 bits per heavy atom. The maximum Gasteiger partial charge on any atom is 0.320 e. The van der Waals surface area contributed by atoms with Gasteiger partial charge in [0, 0.05) is 54.8 Å². The lowest BCUT2D eigenvalue weighted by atomic mass is 9.89. The van der Waals surface area contributed by atoms with Crippen molar-refractivity contribution in [1.29, 1.82) is 0 Å². The zero-order valence-corrected chi connectivity index (χ0v) is 19.6. The lowest BCUT2D eigenvalue weighted by Gasteiger charge is -2.43. The van der Waals surface area contributed by atoms with E-state index >= 15 is 0 Å². The fourth-order valence-corrected chi connectivity index (χ4v) is 5.98. The Bertz CT molecular complexity index is 1070. The number of nitrogens with zero attached hydrogens (tertiary/aromatic N) is 3. The fraction of sp³-hybridized carbons (Fsp3) is 0.600. The second-order valence-electron chi connectivity index (χ2n) is 10.1. The molecule has 3 amide bonds. The summed E-state index contributed by atoms with van der Waals surface area (Å²) in [5.74, 6) is 1.16. The minimum Gasteiger partial charge on any atom is -0.366 e. The van der Waals surface area contributed by atoms with Gasteiger partial charge in [-0.3, -0.25) is 4.79 Å². The van der Waals surface area contributed by atoms with E-state index in [1.54, 1.807) is 0 Å². The predicted molar refractivity (Wildman–Crippen MR) is 126 cm³/mol. The SMILES string of the molecule is O=C1CO[C@H]2CCN(C(=O)N3CCC(c4cn(CC5CC5)c5ccc(Cl)cc45)CC3)C[C@@H]2N1. The molecule has 7 nitrogen and oxygen atoms in total. The molecule has 0 unspecified atom stereocenters. The van der Waals surface area contributed by atoms with Crippen molar-refractivity contribution in [2.24, 2.45) is 5.92 Å². The molecule has 176 valence electrons. The van der Waals surface area contributed by atoms with E-state index < -0.39 is 0 Å². The molecule has 0 radical (unpaired) electrons. The molecule has 1 N–H and O–H groups in total. The Morgan fingerprint density at radius 3 is 2.67 bits per heavy atom. The number of ether oxygens (including phenoxy) is 1. The minimum absolute atomic E-state index is 0.0252. The van der Waals surface area contributed by atoms with Gasteiger partial charge >= 0.3 is 6.03 Å². The lowest BCUT2D eigenvalue weighted by Crippen LogP contribution is -2.62. The quantitative estimate of drug-likeness (QED) is 0.745. The molecule has 0 spiro atoms. The van der Waals surface area contributed by atoms with Gasteiger partial charge in [-0.25, -0.2) is 4.79 Å². The van der Waals surface area contributed by atoms with Gasteiger partial charge in [-0.2, -0.15) is 0 Å². The molecule has 3 aliphatic heterocycles. The largest absolute Gasteiger partial charge is 0.366 e. The zero-order valence-electron chi connectivity index (χ0n) is 18.8. The highest BCUT2D eigenvalue weighted by Gasteiger charge is 2.38. The second-order valence-corrected chi connectivity index (χ2v) is 10.6. The van der Waals surface area contributed by atoms with Gasteiger partial charge in [-0.05, 0) is 67.7 Å². The summed E-state index contributed by atoms with van der Waals surface area (Å²) in [7, 11) is 0. The number of aromatic nitrogens is 1. The van der Waals surface area contributed by atoms with Crippen LogP contribution in [0.2, 0.25) is 5.02 Å². The van der Waals surface area contributed by atoms with Crippen molar-refractivity contribution < 1.29 is 14.3 Å². The number of fused-ring (bicyclic) bond motifs is 2. The first kappa shape index (κ1) is 21.3. The number of amides is 3. The number of urea groups is 1. The monoisotopic (exact) mass is 470 g/mol. The molecule has 1 aliphatic carbocycles. The molecule has 4 heterocycles. The first-order valence-electron chi connectivity index (χ1n) is 12.3. The van der Waals surface area contributed by atoms with Crippen molar-refractivity contribution in [1.82, 2.24) is 19.7 Å². The summed E-state index contributed by atoms with van der Waals surface area (Å²) in [6.07, 6.45) is 7.72. The van der Waals surface area contributed by atoms with Gasteiger partial charge in [-0.1, -0.05) is 11.6 Å². The maximum absolute atomic E-state index is 13.2. The Labute approximate surface area is 199 Å². The molecule has 33 heavy (non-hydrogen) atoms. The Balaban J connectivity index is 1.13. The van der Waals surface area contributed by atoms with Crippen molar-refractivity contribution in [3.63, 3.8) is 0 Å². The average Bonchev–Trinajstić information content (AvgIpc) is 3.58. The molecule has 4 fully saturated rings. The number of hydrogen-bond donors (Lipinski definition) is 1. The number of carbonyl (C=O) groups is 2. The predicted octanol–water partition coefficient (Wildman–Crippen LogP) is 3.59. The summed E-state index contributed by atoms with van der Waals surface area (Å²) < 4.78 is 8.05. The van der Waals surface area contributed by atoms with Gasteiger partial charge in [0.05, 0.1) is 12.1 Å². The summed E-state index contributed by atoms with van der Waals surface area (Å²) >= 11 is 6.36. The third-order valence-electron chi connectivity index (χ3n) is 7.83. The summed E-state index contributed by atoms with van der Waals surface area (Å²) in [5, 5.41) is 5.03. The van der Waals surface area contributed by atoms with Crippen LogP contribution in [0.3, 0.4) is 0 Å². The Hall–Kier alpha value is -2.25. The molecule has 2 aromatic rings. The van der Waals surface area contributed by atoms with E-state index in [1.165, 1.54) is 29.3 Å². The highest BCUT2D eigenvalue weighted by Crippen LogP contribution is 2.38. The summed E-state index contributed by atoms with van der Waals surface area (Å²) in [4.78, 5) is 28.8. The number of halogens is 1. The molecule has 1 saturated carbocycles. The highest BCUT2D eigenvalue weighted by atomic mass is 35.5. The average molecular weight is 471 g/mol. The molecule has 1 aromatic carbocycles. The third-order valence-corrected chi connectivity index (χ3v) is 8.06. The molecule has 1 aromatic heterocycles. The lowest BCUT2D eigenvalue weighted by molar-refractivity contribution is -0.139. The van der Waals surface area contributed by atoms with Crippen LogP contribution in [-0.2, 0) is 16.1 Å². The molecule has 8 heteroatoms. The first-order chi connectivity index (χ1) is 16.0. The van der Waals surface area contributed by atoms with E-state index in [9.17, 15) is 9.59 Å². The van der Waals surface area contributed by atoms with Crippen LogP contribution in [0.1, 0.15) is 43.6 Å². The maximum atomic E-state index is 13.2. The smallest absolute Gasteiger partial charge is 0.320 e. The van der Waals surface area contributed by atoms with E-state index in [0.29, 0.717) is 19.0 Å². The number of hydrogen-bond acceptors (Lipinski definition) is 3.